The van der Waals surface area contributed by atoms with Crippen molar-refractivity contribution in [1.82, 2.24) is 5.32 Å². The van der Waals surface area contributed by atoms with Gasteiger partial charge in [0.2, 0.25) is 0 Å². The van der Waals surface area contributed by atoms with E-state index in [1.54, 1.807) is 6.92 Å². The lowest BCUT2D eigenvalue weighted by Crippen LogP contribution is -2.26. The molecule has 0 fully saturated rings. The Kier molecular flexibility index (Phi) is 5.77. The van der Waals surface area contributed by atoms with Crippen molar-refractivity contribution < 1.29 is 24.0 Å². The van der Waals surface area contributed by atoms with Gasteiger partial charge >= 0.3 is 5.97 Å². The average Bonchev–Trinajstić information content (AvgIpc) is 2.42. The number of nitrogens with zero attached hydrogens (tertiary/aromatic N) is 1. The van der Waals surface area contributed by atoms with Gasteiger partial charge in [-0.25, -0.2) is 4.39 Å². The quantitative estimate of drug-likeness (QED) is 0.454. The Balaban J connectivity index is 2.60. The summed E-state index contributed by atoms with van der Waals surface area (Å²) in [6.07, 6.45) is 0.801. The highest BCUT2D eigenvalue weighted by Crippen LogP contribution is 2.19. The van der Waals surface area contributed by atoms with Crippen LogP contribution in [0.25, 0.3) is 0 Å². The van der Waals surface area contributed by atoms with Gasteiger partial charge in [-0.05, 0) is 25.0 Å². The van der Waals surface area contributed by atoms with E-state index in [-0.39, 0.29) is 12.1 Å². The summed E-state index contributed by atoms with van der Waals surface area (Å²) < 4.78 is 13.0. The standard InChI is InChI=1S/C13H15FN2O5/c1-8(13(18)19)3-2-6-15-12(17)10-5-4-9(14)7-11(10)16(20)21/h4-5,7-8H,2-3,6H2,1H3,(H,15,17)(H,18,19). The first-order valence-electron chi connectivity index (χ1n) is 6.28. The summed E-state index contributed by atoms with van der Waals surface area (Å²) in [6.45, 7) is 1.74. The molecule has 0 aromatic heterocycles. The topological polar surface area (TPSA) is 110 Å². The molecule has 1 rings (SSSR count). The van der Waals surface area contributed by atoms with Crippen LogP contribution >= 0.6 is 0 Å². The zero-order chi connectivity index (χ0) is 16.0. The van der Waals surface area contributed by atoms with E-state index in [1.807, 2.05) is 0 Å². The summed E-state index contributed by atoms with van der Waals surface area (Å²) in [7, 11) is 0. The van der Waals surface area contributed by atoms with Gasteiger partial charge in [-0.3, -0.25) is 19.7 Å². The summed E-state index contributed by atoms with van der Waals surface area (Å²) in [4.78, 5) is 32.3. The van der Waals surface area contributed by atoms with Crippen LogP contribution in [0, 0.1) is 21.8 Å². The molecule has 7 nitrogen and oxygen atoms in total. The van der Waals surface area contributed by atoms with Gasteiger partial charge in [0.15, 0.2) is 0 Å². The third-order valence-electron chi connectivity index (χ3n) is 2.92. The van der Waals surface area contributed by atoms with Crippen LogP contribution in [0.15, 0.2) is 18.2 Å². The van der Waals surface area contributed by atoms with Gasteiger partial charge in [0.05, 0.1) is 16.9 Å². The maximum Gasteiger partial charge on any atom is 0.306 e. The number of amides is 1. The number of hydrogen-bond acceptors (Lipinski definition) is 4. The van der Waals surface area contributed by atoms with Crippen molar-refractivity contribution in [2.45, 2.75) is 19.8 Å². The molecule has 1 unspecified atom stereocenters. The fourth-order valence-electron chi connectivity index (χ4n) is 1.68. The lowest BCUT2D eigenvalue weighted by atomic mass is 10.1. The molecule has 0 aliphatic heterocycles. The lowest BCUT2D eigenvalue weighted by molar-refractivity contribution is -0.385. The summed E-state index contributed by atoms with van der Waals surface area (Å²) >= 11 is 0. The van der Waals surface area contributed by atoms with E-state index >= 15 is 0 Å². The van der Waals surface area contributed by atoms with Gasteiger partial charge in [0.1, 0.15) is 11.4 Å². The highest BCUT2D eigenvalue weighted by Gasteiger charge is 2.20. The number of benzene rings is 1. The minimum Gasteiger partial charge on any atom is -0.481 e. The van der Waals surface area contributed by atoms with E-state index in [0.717, 1.165) is 12.1 Å². The molecule has 0 aliphatic rings. The highest BCUT2D eigenvalue weighted by atomic mass is 19.1. The molecule has 21 heavy (non-hydrogen) atoms. The molecule has 2 N–H and O–H groups in total. The normalized spacial score (nSPS) is 11.7. The molecule has 1 aromatic carbocycles. The third-order valence-corrected chi connectivity index (χ3v) is 2.92. The Hall–Kier alpha value is -2.51. The summed E-state index contributed by atoms with van der Waals surface area (Å²) in [5.74, 6) is -2.93. The predicted octanol–water partition coefficient (Wildman–Crippen LogP) is 1.96. The molecule has 0 saturated carbocycles. The van der Waals surface area contributed by atoms with Gasteiger partial charge in [-0.15, -0.1) is 0 Å². The fourth-order valence-corrected chi connectivity index (χ4v) is 1.68. The molecular weight excluding hydrogens is 283 g/mol. The van der Waals surface area contributed by atoms with Crippen molar-refractivity contribution >= 4 is 17.6 Å². The van der Waals surface area contributed by atoms with Crippen LogP contribution in [0.1, 0.15) is 30.1 Å². The first-order chi connectivity index (χ1) is 9.82. The second-order valence-electron chi connectivity index (χ2n) is 4.56. The number of halogens is 1. The molecule has 1 amide bonds. The minimum atomic E-state index is -0.921. The number of nitro groups is 1. The van der Waals surface area contributed by atoms with E-state index in [2.05, 4.69) is 5.32 Å². The SMILES string of the molecule is CC(CCCNC(=O)c1ccc(F)cc1[N+](=O)[O-])C(=O)O. The molecule has 0 radical (unpaired) electrons. The van der Waals surface area contributed by atoms with E-state index in [0.29, 0.717) is 18.9 Å². The van der Waals surface area contributed by atoms with Crippen molar-refractivity contribution in [1.29, 1.82) is 0 Å². The summed E-state index contributed by atoms with van der Waals surface area (Å²) in [5, 5.41) is 21.9. The number of carboxylic acid groups (broad SMARTS) is 1. The summed E-state index contributed by atoms with van der Waals surface area (Å²) in [5.41, 5.74) is -0.834. The zero-order valence-corrected chi connectivity index (χ0v) is 11.3. The van der Waals surface area contributed by atoms with Gasteiger partial charge in [-0.2, -0.15) is 0 Å². The van der Waals surface area contributed by atoms with Gasteiger partial charge in [0.25, 0.3) is 11.6 Å². The number of carbonyl (C=O) groups is 2. The number of rotatable bonds is 7. The Morgan fingerprint density at radius 1 is 1.48 bits per heavy atom. The van der Waals surface area contributed by atoms with E-state index in [9.17, 15) is 24.1 Å². The van der Waals surface area contributed by atoms with Crippen molar-refractivity contribution in [3.63, 3.8) is 0 Å². The Morgan fingerprint density at radius 2 is 2.14 bits per heavy atom. The first-order valence-corrected chi connectivity index (χ1v) is 6.28. The van der Waals surface area contributed by atoms with E-state index < -0.39 is 34.2 Å². The number of nitro benzene ring substituents is 1. The number of hydrogen-bond donors (Lipinski definition) is 2. The molecule has 0 bridgehead atoms. The van der Waals surface area contributed by atoms with E-state index in [1.165, 1.54) is 0 Å². The second kappa shape index (κ2) is 7.32. The largest absolute Gasteiger partial charge is 0.481 e. The molecular formula is C13H15FN2O5. The predicted molar refractivity (Wildman–Crippen MR) is 71.4 cm³/mol. The Labute approximate surface area is 119 Å². The van der Waals surface area contributed by atoms with Crippen LogP contribution in [0.3, 0.4) is 0 Å². The van der Waals surface area contributed by atoms with Crippen LogP contribution in [0.5, 0.6) is 0 Å². The second-order valence-corrected chi connectivity index (χ2v) is 4.56. The smallest absolute Gasteiger partial charge is 0.306 e. The molecule has 0 heterocycles. The minimum absolute atomic E-state index is 0.186. The average molecular weight is 298 g/mol. The molecule has 0 saturated heterocycles. The van der Waals surface area contributed by atoms with Crippen LogP contribution in [-0.4, -0.2) is 28.5 Å². The van der Waals surface area contributed by atoms with Crippen LogP contribution < -0.4 is 5.32 Å². The fraction of sp³-hybridized carbons (Fsp3) is 0.385. The van der Waals surface area contributed by atoms with Gasteiger partial charge in [-0.1, -0.05) is 6.92 Å². The maximum atomic E-state index is 13.0. The number of nitrogens with one attached hydrogen (secondary N) is 1. The lowest BCUT2D eigenvalue weighted by Gasteiger charge is -2.08. The van der Waals surface area contributed by atoms with Crippen molar-refractivity contribution in [3.8, 4) is 0 Å². The van der Waals surface area contributed by atoms with Gasteiger partial charge in [0, 0.05) is 6.54 Å². The molecule has 0 aliphatic carbocycles. The number of carboxylic acids is 1. The molecule has 1 atom stereocenters. The summed E-state index contributed by atoms with van der Waals surface area (Å²) in [6, 6.07) is 2.69. The molecule has 0 spiro atoms. The first kappa shape index (κ1) is 16.5. The molecule has 1 aromatic rings. The maximum absolute atomic E-state index is 13.0. The molecule has 114 valence electrons. The van der Waals surface area contributed by atoms with Gasteiger partial charge < -0.3 is 10.4 Å². The highest BCUT2D eigenvalue weighted by molar-refractivity contribution is 5.98. The van der Waals surface area contributed by atoms with Crippen molar-refractivity contribution in [2.75, 3.05) is 6.54 Å². The van der Waals surface area contributed by atoms with Crippen LogP contribution in [0.4, 0.5) is 10.1 Å². The van der Waals surface area contributed by atoms with E-state index in [4.69, 9.17) is 5.11 Å². The number of carbonyl (C=O) groups excluding carboxylic acids is 1. The number of aliphatic carboxylic acids is 1. The van der Waals surface area contributed by atoms with Crippen molar-refractivity contribution in [3.05, 3.63) is 39.7 Å². The molecule has 8 heteroatoms. The Morgan fingerprint density at radius 3 is 2.71 bits per heavy atom. The van der Waals surface area contributed by atoms with Crippen molar-refractivity contribution in [2.24, 2.45) is 5.92 Å². The third kappa shape index (κ3) is 4.83. The monoisotopic (exact) mass is 298 g/mol. The zero-order valence-electron chi connectivity index (χ0n) is 11.3. The van der Waals surface area contributed by atoms with Crippen LogP contribution in [-0.2, 0) is 4.79 Å². The van der Waals surface area contributed by atoms with Crippen LogP contribution in [0.2, 0.25) is 0 Å². The Bertz CT molecular complexity index is 561.